The zero-order chi connectivity index (χ0) is 13.8. The van der Waals surface area contributed by atoms with Gasteiger partial charge < -0.3 is 15.3 Å². The lowest BCUT2D eigenvalue weighted by Gasteiger charge is -2.23. The molecule has 0 aliphatic carbocycles. The van der Waals surface area contributed by atoms with Crippen molar-refractivity contribution in [3.63, 3.8) is 0 Å². The summed E-state index contributed by atoms with van der Waals surface area (Å²) >= 11 is 1.72. The Morgan fingerprint density at radius 3 is 2.58 bits per heavy atom. The number of carbonyl (C=O) groups is 2. The van der Waals surface area contributed by atoms with E-state index in [2.05, 4.69) is 5.32 Å². The minimum Gasteiger partial charge on any atom is -0.481 e. The van der Waals surface area contributed by atoms with E-state index in [-0.39, 0.29) is 11.8 Å². The standard InChI is InChI=1S/C13H22N2O3S/c1-9-6-15(7-11(9)13(17)18)12(16)8-19-10-2-4-14-5-3-10/h9-11,14H,2-8H2,1H3,(H,17,18). The summed E-state index contributed by atoms with van der Waals surface area (Å²) in [4.78, 5) is 24.9. The van der Waals surface area contributed by atoms with E-state index in [1.807, 2.05) is 6.92 Å². The maximum atomic E-state index is 12.1. The molecule has 2 aliphatic rings. The molecule has 19 heavy (non-hydrogen) atoms. The average molecular weight is 286 g/mol. The lowest BCUT2D eigenvalue weighted by atomic mass is 9.99. The van der Waals surface area contributed by atoms with Gasteiger partial charge in [0, 0.05) is 18.3 Å². The zero-order valence-electron chi connectivity index (χ0n) is 11.3. The molecule has 108 valence electrons. The van der Waals surface area contributed by atoms with E-state index in [9.17, 15) is 9.59 Å². The van der Waals surface area contributed by atoms with Crippen LogP contribution in [0.15, 0.2) is 0 Å². The summed E-state index contributed by atoms with van der Waals surface area (Å²) < 4.78 is 0. The number of aliphatic carboxylic acids is 1. The number of hydrogen-bond donors (Lipinski definition) is 2. The Morgan fingerprint density at radius 1 is 1.32 bits per heavy atom. The second kappa shape index (κ2) is 6.61. The topological polar surface area (TPSA) is 69.6 Å². The van der Waals surface area contributed by atoms with Crippen molar-refractivity contribution in [1.29, 1.82) is 0 Å². The molecular formula is C13H22N2O3S. The second-order valence-corrected chi connectivity index (χ2v) is 6.77. The molecule has 0 radical (unpaired) electrons. The van der Waals surface area contributed by atoms with E-state index in [0.717, 1.165) is 25.9 Å². The van der Waals surface area contributed by atoms with Crippen molar-refractivity contribution in [2.45, 2.75) is 25.0 Å². The fraction of sp³-hybridized carbons (Fsp3) is 0.846. The SMILES string of the molecule is CC1CN(C(=O)CSC2CCNCC2)CC1C(=O)O. The van der Waals surface area contributed by atoms with Crippen molar-refractivity contribution in [1.82, 2.24) is 10.2 Å². The third kappa shape index (κ3) is 3.86. The third-order valence-corrected chi connectivity index (χ3v) is 5.37. The highest BCUT2D eigenvalue weighted by molar-refractivity contribution is 8.00. The van der Waals surface area contributed by atoms with Crippen LogP contribution in [0.3, 0.4) is 0 Å². The van der Waals surface area contributed by atoms with Crippen LogP contribution in [0.1, 0.15) is 19.8 Å². The molecule has 6 heteroatoms. The highest BCUT2D eigenvalue weighted by Crippen LogP contribution is 2.25. The first kappa shape index (κ1) is 14.7. The van der Waals surface area contributed by atoms with Gasteiger partial charge >= 0.3 is 5.97 Å². The van der Waals surface area contributed by atoms with Crippen molar-refractivity contribution < 1.29 is 14.7 Å². The highest BCUT2D eigenvalue weighted by atomic mass is 32.2. The van der Waals surface area contributed by atoms with Crippen LogP contribution in [-0.4, -0.2) is 59.1 Å². The molecule has 2 saturated heterocycles. The first-order valence-corrected chi connectivity index (χ1v) is 7.95. The number of nitrogens with zero attached hydrogens (tertiary/aromatic N) is 1. The van der Waals surface area contributed by atoms with E-state index in [0.29, 0.717) is 24.1 Å². The van der Waals surface area contributed by atoms with Crippen molar-refractivity contribution in [2.75, 3.05) is 31.9 Å². The largest absolute Gasteiger partial charge is 0.481 e. The summed E-state index contributed by atoms with van der Waals surface area (Å²) in [6, 6.07) is 0. The van der Waals surface area contributed by atoms with Gasteiger partial charge in [-0.3, -0.25) is 9.59 Å². The smallest absolute Gasteiger partial charge is 0.308 e. The molecule has 2 fully saturated rings. The maximum Gasteiger partial charge on any atom is 0.308 e. The van der Waals surface area contributed by atoms with Gasteiger partial charge in [-0.2, -0.15) is 0 Å². The Hall–Kier alpha value is -0.750. The van der Waals surface area contributed by atoms with E-state index >= 15 is 0 Å². The number of rotatable bonds is 4. The number of carboxylic acids is 1. The van der Waals surface area contributed by atoms with E-state index in [1.165, 1.54) is 0 Å². The molecule has 0 bridgehead atoms. The fourth-order valence-corrected chi connectivity index (χ4v) is 3.86. The number of amides is 1. The van der Waals surface area contributed by atoms with Crippen molar-refractivity contribution in [3.05, 3.63) is 0 Å². The van der Waals surface area contributed by atoms with Gasteiger partial charge in [-0.1, -0.05) is 6.92 Å². The van der Waals surface area contributed by atoms with E-state index in [1.54, 1.807) is 16.7 Å². The number of thioether (sulfide) groups is 1. The molecular weight excluding hydrogens is 264 g/mol. The number of hydrogen-bond acceptors (Lipinski definition) is 4. The summed E-state index contributed by atoms with van der Waals surface area (Å²) in [5.41, 5.74) is 0. The van der Waals surface area contributed by atoms with Crippen LogP contribution in [0, 0.1) is 11.8 Å². The lowest BCUT2D eigenvalue weighted by Crippen LogP contribution is -2.33. The number of likely N-dealkylation sites (tertiary alicyclic amines) is 1. The van der Waals surface area contributed by atoms with Gasteiger partial charge in [0.15, 0.2) is 0 Å². The molecule has 0 saturated carbocycles. The Labute approximate surface area is 118 Å². The van der Waals surface area contributed by atoms with Crippen LogP contribution >= 0.6 is 11.8 Å². The van der Waals surface area contributed by atoms with Crippen molar-refractivity contribution >= 4 is 23.6 Å². The molecule has 0 spiro atoms. The predicted molar refractivity (Wildman–Crippen MR) is 75.2 cm³/mol. The molecule has 1 amide bonds. The number of carbonyl (C=O) groups excluding carboxylic acids is 1. The van der Waals surface area contributed by atoms with E-state index in [4.69, 9.17) is 5.11 Å². The van der Waals surface area contributed by atoms with Crippen LogP contribution in [0.2, 0.25) is 0 Å². The van der Waals surface area contributed by atoms with Crippen molar-refractivity contribution in [2.24, 2.45) is 11.8 Å². The molecule has 2 heterocycles. The minimum atomic E-state index is -0.784. The van der Waals surface area contributed by atoms with Crippen LogP contribution < -0.4 is 5.32 Å². The zero-order valence-corrected chi connectivity index (χ0v) is 12.1. The van der Waals surface area contributed by atoms with Gasteiger partial charge in [0.2, 0.25) is 5.91 Å². The maximum absolute atomic E-state index is 12.1. The Morgan fingerprint density at radius 2 is 2.00 bits per heavy atom. The number of carboxylic acid groups (broad SMARTS) is 1. The summed E-state index contributed by atoms with van der Waals surface area (Å²) in [6.45, 7) is 4.94. The molecule has 0 aromatic carbocycles. The van der Waals surface area contributed by atoms with Crippen LogP contribution in [-0.2, 0) is 9.59 Å². The first-order chi connectivity index (χ1) is 9.08. The summed E-state index contributed by atoms with van der Waals surface area (Å²) in [5, 5.41) is 12.9. The molecule has 5 nitrogen and oxygen atoms in total. The quantitative estimate of drug-likeness (QED) is 0.794. The fourth-order valence-electron chi connectivity index (χ4n) is 2.73. The summed E-state index contributed by atoms with van der Waals surface area (Å²) in [5.74, 6) is -0.532. The third-order valence-electron chi connectivity index (χ3n) is 4.01. The highest BCUT2D eigenvalue weighted by Gasteiger charge is 2.36. The molecule has 0 aromatic heterocycles. The van der Waals surface area contributed by atoms with E-state index < -0.39 is 11.9 Å². The average Bonchev–Trinajstić information content (AvgIpc) is 2.79. The molecule has 2 aliphatic heterocycles. The van der Waals surface area contributed by atoms with Gasteiger partial charge in [0.25, 0.3) is 0 Å². The Kier molecular flexibility index (Phi) is 5.10. The second-order valence-electron chi connectivity index (χ2n) is 5.48. The first-order valence-electron chi connectivity index (χ1n) is 6.91. The summed E-state index contributed by atoms with van der Waals surface area (Å²) in [6.07, 6.45) is 2.23. The van der Waals surface area contributed by atoms with Gasteiger partial charge in [-0.15, -0.1) is 11.8 Å². The molecule has 2 unspecified atom stereocenters. The van der Waals surface area contributed by atoms with Gasteiger partial charge in [-0.25, -0.2) is 0 Å². The lowest BCUT2D eigenvalue weighted by molar-refractivity contribution is -0.142. The summed E-state index contributed by atoms with van der Waals surface area (Å²) in [7, 11) is 0. The van der Waals surface area contributed by atoms with Crippen molar-refractivity contribution in [3.8, 4) is 0 Å². The number of nitrogens with one attached hydrogen (secondary N) is 1. The minimum absolute atomic E-state index is 0.0605. The van der Waals surface area contributed by atoms with Gasteiger partial charge in [-0.05, 0) is 31.8 Å². The molecule has 0 aromatic rings. The van der Waals surface area contributed by atoms with Crippen LogP contribution in [0.4, 0.5) is 0 Å². The van der Waals surface area contributed by atoms with Crippen LogP contribution in [0.25, 0.3) is 0 Å². The Balaban J connectivity index is 1.76. The monoisotopic (exact) mass is 286 g/mol. The molecule has 2 atom stereocenters. The van der Waals surface area contributed by atoms with Gasteiger partial charge in [0.1, 0.15) is 0 Å². The molecule has 2 rings (SSSR count). The van der Waals surface area contributed by atoms with Gasteiger partial charge in [0.05, 0.1) is 11.7 Å². The predicted octanol–water partition coefficient (Wildman–Crippen LogP) is 0.651. The normalized spacial score (nSPS) is 28.6. The van der Waals surface area contributed by atoms with Crippen LogP contribution in [0.5, 0.6) is 0 Å². The Bertz CT molecular complexity index is 345. The number of piperidine rings is 1. The molecule has 2 N–H and O–H groups in total.